The van der Waals surface area contributed by atoms with Crippen molar-refractivity contribution in [2.75, 3.05) is 25.3 Å². The molecule has 0 unspecified atom stereocenters. The lowest BCUT2D eigenvalue weighted by molar-refractivity contribution is -0.387. The average molecular weight is 376 g/mol. The third-order valence-corrected chi connectivity index (χ3v) is 4.08. The first-order chi connectivity index (χ1) is 12.4. The molecule has 2 aromatic carbocycles. The van der Waals surface area contributed by atoms with Gasteiger partial charge < -0.3 is 14.8 Å². The Morgan fingerprint density at radius 1 is 1.23 bits per heavy atom. The minimum Gasteiger partial charge on any atom is -0.497 e. The number of hydrogen-bond donors (Lipinski definition) is 1. The summed E-state index contributed by atoms with van der Waals surface area (Å²) in [4.78, 5) is 34.8. The number of nitro benzene ring substituents is 1. The first-order valence-electron chi connectivity index (χ1n) is 7.38. The van der Waals surface area contributed by atoms with E-state index in [2.05, 4.69) is 5.32 Å². The van der Waals surface area contributed by atoms with E-state index in [4.69, 9.17) is 9.47 Å². The monoisotopic (exact) mass is 376 g/mol. The van der Waals surface area contributed by atoms with Crippen LogP contribution < -0.4 is 10.1 Å². The molecule has 0 aromatic heterocycles. The van der Waals surface area contributed by atoms with Gasteiger partial charge in [-0.05, 0) is 30.5 Å². The molecule has 0 radical (unpaired) electrons. The summed E-state index contributed by atoms with van der Waals surface area (Å²) in [5.74, 6) is -0.788. The van der Waals surface area contributed by atoms with Crippen LogP contribution in [0.2, 0.25) is 0 Å². The van der Waals surface area contributed by atoms with Crippen LogP contribution in [0.25, 0.3) is 0 Å². The van der Waals surface area contributed by atoms with Crippen LogP contribution in [-0.2, 0) is 9.53 Å². The molecule has 8 nitrogen and oxygen atoms in total. The number of carbonyl (C=O) groups is 2. The Kier molecular flexibility index (Phi) is 6.56. The summed E-state index contributed by atoms with van der Waals surface area (Å²) in [7, 11) is 1.50. The smallest absolute Gasteiger partial charge is 0.338 e. The molecule has 1 amide bonds. The van der Waals surface area contributed by atoms with Crippen molar-refractivity contribution in [2.45, 2.75) is 4.90 Å². The molecule has 0 bridgehead atoms. The van der Waals surface area contributed by atoms with Gasteiger partial charge in [0.1, 0.15) is 5.75 Å². The molecular weight excluding hydrogens is 360 g/mol. The molecule has 26 heavy (non-hydrogen) atoms. The Hall–Kier alpha value is -3.07. The molecule has 0 aliphatic heterocycles. The second kappa shape index (κ2) is 8.86. The molecule has 2 rings (SSSR count). The fourth-order valence-electron chi connectivity index (χ4n) is 2.07. The van der Waals surface area contributed by atoms with Gasteiger partial charge in [-0.3, -0.25) is 14.9 Å². The lowest BCUT2D eigenvalue weighted by Gasteiger charge is -2.08. The predicted molar refractivity (Wildman–Crippen MR) is 96.8 cm³/mol. The number of carbonyl (C=O) groups excluding carboxylic acids is 2. The summed E-state index contributed by atoms with van der Waals surface area (Å²) in [5.41, 5.74) is 0.307. The van der Waals surface area contributed by atoms with Gasteiger partial charge in [0.15, 0.2) is 6.61 Å². The lowest BCUT2D eigenvalue weighted by atomic mass is 10.2. The van der Waals surface area contributed by atoms with Gasteiger partial charge in [0.05, 0.1) is 22.5 Å². The maximum Gasteiger partial charge on any atom is 0.338 e. The van der Waals surface area contributed by atoms with E-state index in [-0.39, 0.29) is 11.3 Å². The number of esters is 1. The molecule has 0 aliphatic rings. The number of nitro groups is 1. The highest BCUT2D eigenvalue weighted by Crippen LogP contribution is 2.28. The van der Waals surface area contributed by atoms with Crippen LogP contribution in [0, 0.1) is 10.1 Å². The zero-order valence-electron chi connectivity index (χ0n) is 14.1. The van der Waals surface area contributed by atoms with Gasteiger partial charge in [-0.2, -0.15) is 0 Å². The fraction of sp³-hybridized carbons (Fsp3) is 0.176. The number of thioether (sulfide) groups is 1. The summed E-state index contributed by atoms with van der Waals surface area (Å²) >= 11 is 1.20. The van der Waals surface area contributed by atoms with Gasteiger partial charge in [0.2, 0.25) is 0 Å². The van der Waals surface area contributed by atoms with Crippen molar-refractivity contribution in [3.05, 3.63) is 58.1 Å². The Bertz CT molecular complexity index is 840. The highest BCUT2D eigenvalue weighted by atomic mass is 32.2. The third-order valence-electron chi connectivity index (χ3n) is 3.30. The number of anilines is 1. The van der Waals surface area contributed by atoms with E-state index in [9.17, 15) is 19.7 Å². The first kappa shape index (κ1) is 19.3. The highest BCUT2D eigenvalue weighted by molar-refractivity contribution is 7.98. The minimum absolute atomic E-state index is 0.00341. The van der Waals surface area contributed by atoms with Crippen molar-refractivity contribution < 1.29 is 24.0 Å². The van der Waals surface area contributed by atoms with E-state index in [0.717, 1.165) is 6.07 Å². The third kappa shape index (κ3) is 4.96. The summed E-state index contributed by atoms with van der Waals surface area (Å²) in [5, 5.41) is 13.6. The molecule has 2 aromatic rings. The first-order valence-corrected chi connectivity index (χ1v) is 8.60. The van der Waals surface area contributed by atoms with Crippen LogP contribution in [-0.4, -0.2) is 36.8 Å². The number of nitrogens with zero attached hydrogens (tertiary/aromatic N) is 1. The van der Waals surface area contributed by atoms with Crippen LogP contribution in [0.4, 0.5) is 11.4 Å². The summed E-state index contributed by atoms with van der Waals surface area (Å²) in [6.07, 6.45) is 1.70. The number of benzene rings is 2. The normalized spacial score (nSPS) is 10.1. The Morgan fingerprint density at radius 3 is 2.65 bits per heavy atom. The van der Waals surface area contributed by atoms with Gasteiger partial charge in [-0.25, -0.2) is 4.79 Å². The van der Waals surface area contributed by atoms with Crippen molar-refractivity contribution in [1.29, 1.82) is 0 Å². The maximum atomic E-state index is 12.0. The number of amides is 1. The maximum absolute atomic E-state index is 12.0. The molecular formula is C17H16N2O6S. The fourth-order valence-corrected chi connectivity index (χ4v) is 2.62. The van der Waals surface area contributed by atoms with Gasteiger partial charge >= 0.3 is 5.97 Å². The largest absolute Gasteiger partial charge is 0.497 e. The molecule has 0 saturated heterocycles. The van der Waals surface area contributed by atoms with E-state index in [1.165, 1.54) is 31.0 Å². The van der Waals surface area contributed by atoms with Crippen LogP contribution in [0.5, 0.6) is 5.75 Å². The van der Waals surface area contributed by atoms with Gasteiger partial charge in [-0.15, -0.1) is 11.8 Å². The number of methoxy groups -OCH3 is 1. The summed E-state index contributed by atoms with van der Waals surface area (Å²) in [6.45, 7) is -0.520. The van der Waals surface area contributed by atoms with E-state index < -0.39 is 23.4 Å². The molecule has 0 spiro atoms. The topological polar surface area (TPSA) is 108 Å². The van der Waals surface area contributed by atoms with Crippen LogP contribution in [0.3, 0.4) is 0 Å². The van der Waals surface area contributed by atoms with E-state index in [1.54, 1.807) is 30.5 Å². The zero-order chi connectivity index (χ0) is 19.1. The van der Waals surface area contributed by atoms with Crippen molar-refractivity contribution >= 4 is 35.0 Å². The number of rotatable bonds is 7. The van der Waals surface area contributed by atoms with Crippen molar-refractivity contribution in [3.63, 3.8) is 0 Å². The average Bonchev–Trinajstić information content (AvgIpc) is 2.65. The van der Waals surface area contributed by atoms with Crippen molar-refractivity contribution in [1.82, 2.24) is 0 Å². The molecule has 0 saturated carbocycles. The molecule has 0 aliphatic carbocycles. The zero-order valence-corrected chi connectivity index (χ0v) is 14.9. The lowest BCUT2D eigenvalue weighted by Crippen LogP contribution is -2.21. The van der Waals surface area contributed by atoms with Crippen LogP contribution in [0.1, 0.15) is 10.4 Å². The van der Waals surface area contributed by atoms with Crippen LogP contribution in [0.15, 0.2) is 47.4 Å². The summed E-state index contributed by atoms with van der Waals surface area (Å²) < 4.78 is 9.96. The predicted octanol–water partition coefficient (Wildman–Crippen LogP) is 3.12. The molecule has 1 N–H and O–H groups in total. The number of ether oxygens (including phenoxy) is 2. The molecule has 136 valence electrons. The van der Waals surface area contributed by atoms with Gasteiger partial charge in [0, 0.05) is 17.8 Å². The van der Waals surface area contributed by atoms with Crippen LogP contribution >= 0.6 is 11.8 Å². The molecule has 9 heteroatoms. The summed E-state index contributed by atoms with van der Waals surface area (Å²) in [6, 6.07) is 10.7. The van der Waals surface area contributed by atoms with Gasteiger partial charge in [-0.1, -0.05) is 6.07 Å². The Labute approximate surface area is 153 Å². The SMILES string of the molecule is COc1cccc(NC(=O)COC(=O)c2ccc(SC)c([N+](=O)[O-])c2)c1. The van der Waals surface area contributed by atoms with Crippen molar-refractivity contribution in [2.24, 2.45) is 0 Å². The number of hydrogen-bond acceptors (Lipinski definition) is 7. The standard InChI is InChI=1S/C17H16N2O6S/c1-24-13-5-3-4-12(9-13)18-16(20)10-25-17(21)11-6-7-15(26-2)14(8-11)19(22)23/h3-9H,10H2,1-2H3,(H,18,20). The van der Waals surface area contributed by atoms with E-state index >= 15 is 0 Å². The second-order valence-corrected chi connectivity index (χ2v) is 5.85. The highest BCUT2D eigenvalue weighted by Gasteiger charge is 2.18. The quantitative estimate of drug-likeness (QED) is 0.342. The van der Waals surface area contributed by atoms with Gasteiger partial charge in [0.25, 0.3) is 11.6 Å². The molecule has 0 fully saturated rings. The van der Waals surface area contributed by atoms with E-state index in [0.29, 0.717) is 16.3 Å². The van der Waals surface area contributed by atoms with E-state index in [1.807, 2.05) is 0 Å². The Morgan fingerprint density at radius 2 is 2.00 bits per heavy atom. The number of nitrogens with one attached hydrogen (secondary N) is 1. The van der Waals surface area contributed by atoms with Crippen molar-refractivity contribution in [3.8, 4) is 5.75 Å². The second-order valence-electron chi connectivity index (χ2n) is 5.00. The molecule has 0 atom stereocenters. The Balaban J connectivity index is 1.98. The minimum atomic E-state index is -0.818. The molecule has 0 heterocycles.